The summed E-state index contributed by atoms with van der Waals surface area (Å²) in [5.41, 5.74) is 10.5. The molecule has 7 aromatic rings. The molecule has 2 unspecified atom stereocenters. The minimum Gasteiger partial charge on any atom is -0.495 e. The number of imidazole rings is 2. The van der Waals surface area contributed by atoms with E-state index in [0.29, 0.717) is 39.9 Å². The molecule has 0 radical (unpaired) electrons. The SMILES string of the molecule is COc1cc(CC2=CC(Cl)=CN3C2=NC(=O)CC3c2cc(F)c(F)c(F)c2)ccc1-n1cnc(C)c1.COc1cc(Cc2cc(Cl)cn(C(CC(N)=O)c3cc(F)c(F)c(F)c3)c2=O)ccc1-n1cnc(C)c1. The second kappa shape index (κ2) is 21.4. The largest absolute Gasteiger partial charge is 0.495 e. The zero-order valence-corrected chi connectivity index (χ0v) is 40.7. The number of nitrogens with zero attached hydrogens (tertiary/aromatic N) is 7. The van der Waals surface area contributed by atoms with Gasteiger partial charge in [-0.05, 0) is 96.8 Å². The highest BCUT2D eigenvalue weighted by Gasteiger charge is 2.35. The number of fused-ring (bicyclic) bond motifs is 1. The van der Waals surface area contributed by atoms with Gasteiger partial charge < -0.3 is 33.8 Å². The first-order valence-corrected chi connectivity index (χ1v) is 22.9. The lowest BCUT2D eigenvalue weighted by atomic mass is 9.94. The molecule has 2 atom stereocenters. The molecule has 21 heteroatoms. The molecule has 9 rings (SSSR count). The topological polar surface area (TPSA) is 152 Å². The molecule has 2 aliphatic heterocycles. The van der Waals surface area contributed by atoms with Crippen molar-refractivity contribution in [2.24, 2.45) is 10.7 Å². The van der Waals surface area contributed by atoms with Crippen LogP contribution in [0.3, 0.4) is 0 Å². The van der Waals surface area contributed by atoms with Crippen molar-refractivity contribution in [3.05, 3.63) is 210 Å². The fourth-order valence-electron chi connectivity index (χ4n) is 8.55. The first-order chi connectivity index (χ1) is 34.8. The molecule has 0 fully saturated rings. The number of allylic oxidation sites excluding steroid dienone is 2. The fraction of sp³-hybridized carbons (Fsp3) is 0.192. The molecule has 0 aliphatic carbocycles. The maximum atomic E-state index is 14.0. The first kappa shape index (κ1) is 51.5. The third-order valence-electron chi connectivity index (χ3n) is 11.9. The lowest BCUT2D eigenvalue weighted by molar-refractivity contribution is -0.119. The Morgan fingerprint density at radius 1 is 0.753 bits per heavy atom. The summed E-state index contributed by atoms with van der Waals surface area (Å²) in [6.07, 6.45) is 11.4. The van der Waals surface area contributed by atoms with Crippen molar-refractivity contribution in [1.82, 2.24) is 28.6 Å². The van der Waals surface area contributed by atoms with E-state index in [1.54, 1.807) is 47.6 Å². The summed E-state index contributed by atoms with van der Waals surface area (Å²) in [6, 6.07) is 13.8. The molecule has 0 saturated heterocycles. The van der Waals surface area contributed by atoms with Crippen molar-refractivity contribution in [1.29, 1.82) is 0 Å². The second-order valence-electron chi connectivity index (χ2n) is 17.0. The summed E-state index contributed by atoms with van der Waals surface area (Å²) < 4.78 is 98.8. The van der Waals surface area contributed by atoms with Gasteiger partial charge in [0.05, 0.1) is 84.6 Å². The average Bonchev–Trinajstić information content (AvgIpc) is 3.99. The molecule has 0 spiro atoms. The number of pyridine rings is 1. The molecule has 3 aromatic heterocycles. The van der Waals surface area contributed by atoms with Crippen molar-refractivity contribution in [3.63, 3.8) is 0 Å². The van der Waals surface area contributed by atoms with Crippen LogP contribution in [-0.2, 0) is 22.4 Å². The molecule has 4 aromatic carbocycles. The van der Waals surface area contributed by atoms with Crippen LogP contribution in [0.1, 0.15) is 64.1 Å². The zero-order valence-electron chi connectivity index (χ0n) is 39.1. The van der Waals surface area contributed by atoms with E-state index in [1.807, 2.05) is 61.1 Å². The Morgan fingerprint density at radius 2 is 1.29 bits per heavy atom. The normalized spacial score (nSPS) is 14.6. The number of aryl methyl sites for hydroxylation is 2. The third kappa shape index (κ3) is 11.3. The molecule has 0 bridgehead atoms. The summed E-state index contributed by atoms with van der Waals surface area (Å²) in [4.78, 5) is 52.0. The number of aliphatic imine (C=N–C) groups is 1. The molecule has 0 saturated carbocycles. The van der Waals surface area contributed by atoms with E-state index < -0.39 is 70.8 Å². The number of primary amides is 1. The highest BCUT2D eigenvalue weighted by atomic mass is 35.5. The maximum absolute atomic E-state index is 14.0. The van der Waals surface area contributed by atoms with Gasteiger partial charge in [-0.15, -0.1) is 0 Å². The van der Waals surface area contributed by atoms with Crippen LogP contribution in [0.5, 0.6) is 11.5 Å². The van der Waals surface area contributed by atoms with Gasteiger partial charge >= 0.3 is 0 Å². The Morgan fingerprint density at radius 3 is 1.79 bits per heavy atom. The average molecular weight is 1040 g/mol. The molecule has 2 N–H and O–H groups in total. The van der Waals surface area contributed by atoms with E-state index in [0.717, 1.165) is 57.2 Å². The van der Waals surface area contributed by atoms with E-state index in [1.165, 1.54) is 19.4 Å². The predicted octanol–water partition coefficient (Wildman–Crippen LogP) is 10.0. The summed E-state index contributed by atoms with van der Waals surface area (Å²) in [6.45, 7) is 3.76. The van der Waals surface area contributed by atoms with E-state index in [-0.39, 0.29) is 34.6 Å². The second-order valence-corrected chi connectivity index (χ2v) is 17.9. The number of carbonyl (C=O) groups is 2. The van der Waals surface area contributed by atoms with Crippen molar-refractivity contribution in [2.45, 2.75) is 51.6 Å². The lowest BCUT2D eigenvalue weighted by Gasteiger charge is -2.37. The van der Waals surface area contributed by atoms with Gasteiger partial charge in [0.1, 0.15) is 17.3 Å². The molecule has 2 amide bonds. The monoisotopic (exact) mass is 1040 g/mol. The number of hydrogen-bond acceptors (Lipinski definition) is 8. The maximum Gasteiger partial charge on any atom is 0.254 e. The number of amides is 2. The van der Waals surface area contributed by atoms with Crippen molar-refractivity contribution in [2.75, 3.05) is 14.2 Å². The summed E-state index contributed by atoms with van der Waals surface area (Å²) in [5.74, 6) is -8.61. The number of hydrogen-bond donors (Lipinski definition) is 1. The Hall–Kier alpha value is -7.90. The summed E-state index contributed by atoms with van der Waals surface area (Å²) >= 11 is 12.7. The molecule has 2 aliphatic rings. The van der Waals surface area contributed by atoms with Gasteiger partial charge in [0, 0.05) is 48.8 Å². The van der Waals surface area contributed by atoms with Crippen LogP contribution < -0.4 is 20.8 Å². The molecular weight excluding hydrogens is 1000 g/mol. The van der Waals surface area contributed by atoms with E-state index in [2.05, 4.69) is 15.0 Å². The molecule has 13 nitrogen and oxygen atoms in total. The van der Waals surface area contributed by atoms with Crippen LogP contribution in [0.25, 0.3) is 11.4 Å². The Kier molecular flexibility index (Phi) is 15.1. The van der Waals surface area contributed by atoms with Gasteiger partial charge in [-0.1, -0.05) is 35.3 Å². The quantitative estimate of drug-likeness (QED) is 0.0886. The van der Waals surface area contributed by atoms with Crippen molar-refractivity contribution in [3.8, 4) is 22.9 Å². The zero-order chi connectivity index (χ0) is 52.4. The fourth-order valence-corrected chi connectivity index (χ4v) is 9.02. The Labute approximate surface area is 423 Å². The van der Waals surface area contributed by atoms with Crippen LogP contribution >= 0.6 is 23.2 Å². The van der Waals surface area contributed by atoms with E-state index in [9.17, 15) is 40.7 Å². The first-order valence-electron chi connectivity index (χ1n) is 22.1. The molecule has 73 heavy (non-hydrogen) atoms. The standard InChI is InChI=1S/C26H22ClF3N4O3.C26H20ClF3N4O2/c1-14-11-33(13-32-14)21-4-3-15(6-23(21)37-2)5-17-7-18(27)12-34(26(17)36)22(10-24(31)35)16-8-19(28)25(30)20(29)9-16;1-14-11-33(13-31-14)21-4-3-15(6-23(21)36-2)5-17-7-18(27)12-34-22(10-24(35)32-26(17)34)16-8-19(28)25(30)20(29)9-16/h3-4,6-9,11-13,22H,5,10H2,1-2H3,(H2,31,35);3-4,6-9,11-13,22H,5,10H2,1-2H3. The van der Waals surface area contributed by atoms with Crippen LogP contribution in [-0.4, -0.2) is 60.4 Å². The van der Waals surface area contributed by atoms with Crippen LogP contribution in [0.2, 0.25) is 5.02 Å². The molecule has 5 heterocycles. The highest BCUT2D eigenvalue weighted by Crippen LogP contribution is 2.37. The number of carbonyl (C=O) groups excluding carboxylic acids is 2. The number of halogens is 8. The van der Waals surface area contributed by atoms with Crippen LogP contribution in [0.4, 0.5) is 26.3 Å². The van der Waals surface area contributed by atoms with E-state index >= 15 is 0 Å². The number of rotatable bonds is 13. The number of methoxy groups -OCH3 is 2. The summed E-state index contributed by atoms with van der Waals surface area (Å²) in [7, 11) is 3.09. The van der Waals surface area contributed by atoms with Crippen LogP contribution in [0.15, 0.2) is 131 Å². The number of ether oxygens (including phenoxy) is 2. The lowest BCUT2D eigenvalue weighted by Crippen LogP contribution is -2.39. The van der Waals surface area contributed by atoms with Gasteiger partial charge in [0.25, 0.3) is 5.56 Å². The number of nitrogens with two attached hydrogens (primary N) is 1. The van der Waals surface area contributed by atoms with E-state index in [4.69, 9.17) is 38.4 Å². The van der Waals surface area contributed by atoms with Gasteiger partial charge in [0.15, 0.2) is 34.9 Å². The Balaban J connectivity index is 0.000000195. The number of benzene rings is 4. The van der Waals surface area contributed by atoms with Crippen molar-refractivity contribution < 1.29 is 45.4 Å². The van der Waals surface area contributed by atoms with Crippen molar-refractivity contribution >= 4 is 40.9 Å². The van der Waals surface area contributed by atoms with Crippen LogP contribution in [0, 0.1) is 48.8 Å². The predicted molar refractivity (Wildman–Crippen MR) is 260 cm³/mol. The van der Waals surface area contributed by atoms with Gasteiger partial charge in [-0.3, -0.25) is 14.4 Å². The smallest absolute Gasteiger partial charge is 0.254 e. The summed E-state index contributed by atoms with van der Waals surface area (Å²) in [5, 5.41) is 0.494. The minimum absolute atomic E-state index is 0.107. The number of amidine groups is 1. The minimum atomic E-state index is -1.66. The molecular formula is C52H42Cl2F6N8O5. The van der Waals surface area contributed by atoms with Gasteiger partial charge in [-0.2, -0.15) is 4.99 Å². The highest BCUT2D eigenvalue weighted by molar-refractivity contribution is 6.32. The molecule has 376 valence electrons. The number of aromatic nitrogens is 5. The Bertz CT molecular complexity index is 3430. The van der Waals surface area contributed by atoms with Gasteiger partial charge in [0.2, 0.25) is 11.8 Å². The van der Waals surface area contributed by atoms with Gasteiger partial charge in [-0.25, -0.2) is 36.3 Å². The third-order valence-corrected chi connectivity index (χ3v) is 12.3.